The lowest BCUT2D eigenvalue weighted by Crippen LogP contribution is -2.45. The molecule has 146 valence electrons. The van der Waals surface area contributed by atoms with Crippen LogP contribution < -0.4 is 9.62 Å². The fourth-order valence-electron chi connectivity index (χ4n) is 3.77. The summed E-state index contributed by atoms with van der Waals surface area (Å²) in [6.45, 7) is 6.40. The van der Waals surface area contributed by atoms with Crippen LogP contribution in [0.15, 0.2) is 29.2 Å². The van der Waals surface area contributed by atoms with Crippen LogP contribution in [-0.4, -0.2) is 50.7 Å². The van der Waals surface area contributed by atoms with E-state index < -0.39 is 15.8 Å². The van der Waals surface area contributed by atoms with Gasteiger partial charge >= 0.3 is 0 Å². The van der Waals surface area contributed by atoms with Gasteiger partial charge in [-0.1, -0.05) is 0 Å². The molecule has 0 radical (unpaired) electrons. The van der Waals surface area contributed by atoms with Gasteiger partial charge in [-0.2, -0.15) is 5.10 Å². The number of hydrogen-bond acceptors (Lipinski definition) is 6. The van der Waals surface area contributed by atoms with E-state index in [4.69, 9.17) is 9.47 Å². The molecular weight excluding hydrogens is 368 g/mol. The van der Waals surface area contributed by atoms with Crippen molar-refractivity contribution in [2.75, 3.05) is 35.9 Å². The number of nitrogens with one attached hydrogen (secondary N) is 2. The Labute approximate surface area is 158 Å². The van der Waals surface area contributed by atoms with Gasteiger partial charge in [-0.15, -0.1) is 0 Å². The summed E-state index contributed by atoms with van der Waals surface area (Å²) in [5.41, 5.74) is 2.56. The molecule has 0 saturated carbocycles. The predicted molar refractivity (Wildman–Crippen MR) is 101 cm³/mol. The molecule has 1 spiro atoms. The van der Waals surface area contributed by atoms with Crippen molar-refractivity contribution >= 4 is 21.4 Å². The number of ether oxygens (including phenoxy) is 2. The number of H-pyrrole nitrogens is 1. The van der Waals surface area contributed by atoms with E-state index in [1.807, 2.05) is 12.1 Å². The molecule has 2 saturated heterocycles. The number of benzene rings is 1. The van der Waals surface area contributed by atoms with Crippen molar-refractivity contribution in [1.82, 2.24) is 10.2 Å². The van der Waals surface area contributed by atoms with Gasteiger partial charge in [0.05, 0.1) is 24.6 Å². The van der Waals surface area contributed by atoms with Crippen LogP contribution in [0.3, 0.4) is 0 Å². The topological polar surface area (TPSA) is 96.5 Å². The van der Waals surface area contributed by atoms with E-state index in [0.29, 0.717) is 30.3 Å². The van der Waals surface area contributed by atoms with E-state index in [-0.39, 0.29) is 4.90 Å². The summed E-state index contributed by atoms with van der Waals surface area (Å²) in [6.07, 6.45) is 1.67. The quantitative estimate of drug-likeness (QED) is 0.828. The number of anilines is 2. The Morgan fingerprint density at radius 3 is 2.30 bits per heavy atom. The predicted octanol–water partition coefficient (Wildman–Crippen LogP) is 2.17. The zero-order valence-corrected chi connectivity index (χ0v) is 16.3. The van der Waals surface area contributed by atoms with Crippen molar-refractivity contribution in [3.05, 3.63) is 35.7 Å². The number of aromatic amines is 1. The van der Waals surface area contributed by atoms with Gasteiger partial charge in [0.2, 0.25) is 0 Å². The molecule has 1 aromatic carbocycles. The molecule has 2 aliphatic rings. The lowest BCUT2D eigenvalue weighted by molar-refractivity contribution is -0.169. The summed E-state index contributed by atoms with van der Waals surface area (Å²) < 4.78 is 39.4. The zero-order valence-electron chi connectivity index (χ0n) is 15.5. The average Bonchev–Trinajstić information content (AvgIpc) is 3.23. The molecule has 2 fully saturated rings. The lowest BCUT2D eigenvalue weighted by Gasteiger charge is -2.38. The number of aromatic nitrogens is 2. The summed E-state index contributed by atoms with van der Waals surface area (Å²) >= 11 is 0. The van der Waals surface area contributed by atoms with Crippen molar-refractivity contribution in [2.45, 2.75) is 37.4 Å². The van der Waals surface area contributed by atoms with E-state index in [1.165, 1.54) is 0 Å². The largest absolute Gasteiger partial charge is 0.371 e. The molecule has 3 heterocycles. The number of sulfonamides is 1. The third-order valence-corrected chi connectivity index (χ3v) is 6.80. The van der Waals surface area contributed by atoms with Gasteiger partial charge in [0.25, 0.3) is 10.0 Å². The van der Waals surface area contributed by atoms with Crippen LogP contribution in [0.25, 0.3) is 0 Å². The molecule has 0 aliphatic carbocycles. The van der Waals surface area contributed by atoms with Crippen LogP contribution in [0.5, 0.6) is 0 Å². The molecular formula is C18H24N4O4S. The highest BCUT2D eigenvalue weighted by molar-refractivity contribution is 7.92. The van der Waals surface area contributed by atoms with Crippen LogP contribution in [0, 0.1) is 13.8 Å². The van der Waals surface area contributed by atoms with Crippen molar-refractivity contribution < 1.29 is 17.9 Å². The van der Waals surface area contributed by atoms with Crippen molar-refractivity contribution in [3.63, 3.8) is 0 Å². The SMILES string of the molecule is Cc1n[nH]c(C)c1S(=O)(=O)Nc1ccc(N2CCC3(CC2)OCCO3)cc1. The number of hydrogen-bond donors (Lipinski definition) is 2. The second kappa shape index (κ2) is 6.81. The maximum absolute atomic E-state index is 12.6. The summed E-state index contributed by atoms with van der Waals surface area (Å²) in [4.78, 5) is 2.46. The third kappa shape index (κ3) is 3.54. The molecule has 9 heteroatoms. The minimum absolute atomic E-state index is 0.199. The van der Waals surface area contributed by atoms with E-state index >= 15 is 0 Å². The summed E-state index contributed by atoms with van der Waals surface area (Å²) in [7, 11) is -3.67. The molecule has 2 aliphatic heterocycles. The zero-order chi connectivity index (χ0) is 19.1. The van der Waals surface area contributed by atoms with Gasteiger partial charge in [-0.25, -0.2) is 8.42 Å². The Hall–Kier alpha value is -2.10. The third-order valence-electron chi connectivity index (χ3n) is 5.15. The van der Waals surface area contributed by atoms with E-state index in [0.717, 1.165) is 31.6 Å². The second-order valence-corrected chi connectivity index (χ2v) is 8.63. The van der Waals surface area contributed by atoms with Crippen molar-refractivity contribution in [3.8, 4) is 0 Å². The maximum atomic E-state index is 12.6. The Morgan fingerprint density at radius 2 is 1.74 bits per heavy atom. The Bertz CT molecular complexity index is 888. The number of rotatable bonds is 4. The standard InChI is InChI=1S/C18H24N4O4S/c1-13-17(14(2)20-19-13)27(23,24)21-15-3-5-16(6-4-15)22-9-7-18(8-10-22)25-11-12-26-18/h3-6,21H,7-12H2,1-2H3,(H,19,20). The molecule has 1 aromatic heterocycles. The van der Waals surface area contributed by atoms with Crippen LogP contribution in [0.4, 0.5) is 11.4 Å². The molecule has 0 bridgehead atoms. The van der Waals surface area contributed by atoms with Gasteiger partial charge in [0.15, 0.2) is 5.79 Å². The van der Waals surface area contributed by atoms with E-state index in [9.17, 15) is 8.42 Å². The fourth-order valence-corrected chi connectivity index (χ4v) is 5.21. The summed E-state index contributed by atoms with van der Waals surface area (Å²) in [5.74, 6) is -0.396. The van der Waals surface area contributed by atoms with Gasteiger partial charge < -0.3 is 14.4 Å². The normalized spacial score (nSPS) is 19.6. The van der Waals surface area contributed by atoms with Crippen molar-refractivity contribution in [2.24, 2.45) is 0 Å². The maximum Gasteiger partial charge on any atom is 0.265 e. The van der Waals surface area contributed by atoms with Gasteiger partial charge in [-0.05, 0) is 38.1 Å². The molecule has 27 heavy (non-hydrogen) atoms. The number of nitrogens with zero attached hydrogens (tertiary/aromatic N) is 2. The second-order valence-electron chi connectivity index (χ2n) is 7.01. The average molecular weight is 392 g/mol. The Balaban J connectivity index is 1.44. The first-order valence-electron chi connectivity index (χ1n) is 9.06. The highest BCUT2D eigenvalue weighted by Gasteiger charge is 2.39. The van der Waals surface area contributed by atoms with Crippen LogP contribution in [-0.2, 0) is 19.5 Å². The monoisotopic (exact) mass is 392 g/mol. The molecule has 2 N–H and O–H groups in total. The van der Waals surface area contributed by atoms with Crippen molar-refractivity contribution in [1.29, 1.82) is 0 Å². The van der Waals surface area contributed by atoms with Gasteiger partial charge in [-0.3, -0.25) is 9.82 Å². The fraction of sp³-hybridized carbons (Fsp3) is 0.500. The molecule has 4 rings (SSSR count). The van der Waals surface area contributed by atoms with E-state index in [2.05, 4.69) is 19.8 Å². The molecule has 0 amide bonds. The highest BCUT2D eigenvalue weighted by Crippen LogP contribution is 2.33. The first kappa shape index (κ1) is 18.3. The van der Waals surface area contributed by atoms with Crippen LogP contribution >= 0.6 is 0 Å². The smallest absolute Gasteiger partial charge is 0.265 e. The number of piperidine rings is 1. The molecule has 2 aromatic rings. The van der Waals surface area contributed by atoms with Crippen LogP contribution in [0.2, 0.25) is 0 Å². The lowest BCUT2D eigenvalue weighted by atomic mass is 10.0. The first-order valence-corrected chi connectivity index (χ1v) is 10.5. The summed E-state index contributed by atoms with van der Waals surface area (Å²) in [6, 6.07) is 7.43. The Kier molecular flexibility index (Phi) is 4.61. The first-order chi connectivity index (χ1) is 12.9. The molecule has 8 nitrogen and oxygen atoms in total. The Morgan fingerprint density at radius 1 is 1.11 bits per heavy atom. The van der Waals surface area contributed by atoms with Crippen LogP contribution in [0.1, 0.15) is 24.2 Å². The molecule has 0 unspecified atom stereocenters. The highest BCUT2D eigenvalue weighted by atomic mass is 32.2. The van der Waals surface area contributed by atoms with E-state index in [1.54, 1.807) is 26.0 Å². The number of aryl methyl sites for hydroxylation is 2. The van der Waals surface area contributed by atoms with Gasteiger partial charge in [0.1, 0.15) is 4.90 Å². The summed E-state index contributed by atoms with van der Waals surface area (Å²) in [5, 5.41) is 6.66. The van der Waals surface area contributed by atoms with Gasteiger partial charge in [0, 0.05) is 37.3 Å². The molecule has 0 atom stereocenters. The minimum Gasteiger partial charge on any atom is -0.371 e. The minimum atomic E-state index is -3.67.